The summed E-state index contributed by atoms with van der Waals surface area (Å²) < 4.78 is 29.4. The number of hydrogen-bond acceptors (Lipinski definition) is 7. The third kappa shape index (κ3) is 4.95. The lowest BCUT2D eigenvalue weighted by atomic mass is 10.1. The number of benzene rings is 3. The Bertz CT molecular complexity index is 1300. The number of carbonyl (C=O) groups is 2. The van der Waals surface area contributed by atoms with Crippen LogP contribution in [0.5, 0.6) is 5.75 Å². The fraction of sp³-hybridized carbons (Fsp3) is 0.120. The predicted octanol–water partition coefficient (Wildman–Crippen LogP) is 4.90. The van der Waals surface area contributed by atoms with Gasteiger partial charge in [0.25, 0.3) is 0 Å². The highest BCUT2D eigenvalue weighted by molar-refractivity contribution is 5.99. The van der Waals surface area contributed by atoms with E-state index < -0.39 is 24.2 Å². The lowest BCUT2D eigenvalue weighted by Crippen LogP contribution is -2.14. The van der Waals surface area contributed by atoms with Gasteiger partial charge >= 0.3 is 5.97 Å². The molecule has 0 unspecified atom stereocenters. The summed E-state index contributed by atoms with van der Waals surface area (Å²) in [6.07, 6.45) is 0. The SMILES string of the molecule is COc1ccc(C(=O)COC(=O)c2ccc(-c3nnc(-c4ccc(C)cc4)o3)cc2)cc1F. The number of aryl methyl sites for hydroxylation is 1. The van der Waals surface area contributed by atoms with Crippen molar-refractivity contribution in [2.75, 3.05) is 13.7 Å². The van der Waals surface area contributed by atoms with Crippen LogP contribution in [-0.2, 0) is 4.74 Å². The minimum atomic E-state index is -0.685. The Morgan fingerprint density at radius 2 is 1.45 bits per heavy atom. The van der Waals surface area contributed by atoms with Gasteiger partial charge in [0.15, 0.2) is 24.0 Å². The first-order valence-electron chi connectivity index (χ1n) is 9.99. The molecule has 3 aromatic carbocycles. The molecular formula is C25H19FN2O5. The lowest BCUT2D eigenvalue weighted by molar-refractivity contribution is 0.0474. The molecule has 1 aromatic heterocycles. The van der Waals surface area contributed by atoms with E-state index in [1.165, 1.54) is 31.4 Å². The molecule has 0 bridgehead atoms. The number of carbonyl (C=O) groups excluding carboxylic acids is 2. The third-order valence-corrected chi connectivity index (χ3v) is 4.90. The average Bonchev–Trinajstić information content (AvgIpc) is 3.33. The average molecular weight is 446 g/mol. The van der Waals surface area contributed by atoms with Gasteiger partial charge in [-0.15, -0.1) is 10.2 Å². The highest BCUT2D eigenvalue weighted by Gasteiger charge is 2.15. The van der Waals surface area contributed by atoms with Crippen molar-refractivity contribution in [3.05, 3.63) is 89.2 Å². The Labute approximate surface area is 188 Å². The van der Waals surface area contributed by atoms with Crippen molar-refractivity contribution in [3.63, 3.8) is 0 Å². The molecule has 8 heteroatoms. The van der Waals surface area contributed by atoms with Crippen LogP contribution in [0.15, 0.2) is 71.1 Å². The van der Waals surface area contributed by atoms with Gasteiger partial charge in [0.2, 0.25) is 11.8 Å². The van der Waals surface area contributed by atoms with Gasteiger partial charge in [-0.25, -0.2) is 9.18 Å². The largest absolute Gasteiger partial charge is 0.494 e. The third-order valence-electron chi connectivity index (χ3n) is 4.90. The summed E-state index contributed by atoms with van der Waals surface area (Å²) in [6.45, 7) is 1.47. The molecular weight excluding hydrogens is 427 g/mol. The number of rotatable bonds is 7. The maximum atomic E-state index is 13.8. The molecule has 0 N–H and O–H groups in total. The van der Waals surface area contributed by atoms with E-state index in [9.17, 15) is 14.0 Å². The van der Waals surface area contributed by atoms with Crippen LogP contribution in [0.3, 0.4) is 0 Å². The van der Waals surface area contributed by atoms with Gasteiger partial charge < -0.3 is 13.9 Å². The summed E-state index contributed by atoms with van der Waals surface area (Å²) in [5, 5.41) is 8.12. The van der Waals surface area contributed by atoms with Gasteiger partial charge in [-0.05, 0) is 61.5 Å². The standard InChI is InChI=1S/C25H19FN2O5/c1-15-3-5-16(6-4-15)23-27-28-24(33-23)17-7-9-18(10-8-17)25(30)32-14-21(29)19-11-12-22(31-2)20(26)13-19/h3-13H,14H2,1-2H3. The zero-order valence-corrected chi connectivity index (χ0v) is 17.9. The number of halogens is 1. The van der Waals surface area contributed by atoms with Crippen LogP contribution in [0.4, 0.5) is 4.39 Å². The molecule has 0 atom stereocenters. The van der Waals surface area contributed by atoms with Crippen molar-refractivity contribution < 1.29 is 27.9 Å². The summed E-state index contributed by atoms with van der Waals surface area (Å²) in [5.74, 6) is -1.16. The number of hydrogen-bond donors (Lipinski definition) is 0. The summed E-state index contributed by atoms with van der Waals surface area (Å²) in [4.78, 5) is 24.5. The minimum absolute atomic E-state index is 0.0240. The van der Waals surface area contributed by atoms with Crippen molar-refractivity contribution in [1.82, 2.24) is 10.2 Å². The fourth-order valence-electron chi connectivity index (χ4n) is 3.04. The van der Waals surface area contributed by atoms with Crippen molar-refractivity contribution in [2.24, 2.45) is 0 Å². The molecule has 7 nitrogen and oxygen atoms in total. The smallest absolute Gasteiger partial charge is 0.338 e. The van der Waals surface area contributed by atoms with Crippen molar-refractivity contribution in [3.8, 4) is 28.7 Å². The molecule has 1 heterocycles. The summed E-state index contributed by atoms with van der Waals surface area (Å²) in [5.41, 5.74) is 2.88. The normalized spacial score (nSPS) is 10.6. The van der Waals surface area contributed by atoms with Crippen LogP contribution in [0.1, 0.15) is 26.3 Å². The number of ether oxygens (including phenoxy) is 2. The van der Waals surface area contributed by atoms with Gasteiger partial charge in [-0.1, -0.05) is 17.7 Å². The molecule has 4 rings (SSSR count). The zero-order chi connectivity index (χ0) is 23.4. The monoisotopic (exact) mass is 446 g/mol. The molecule has 0 aliphatic rings. The Morgan fingerprint density at radius 3 is 2.03 bits per heavy atom. The van der Waals surface area contributed by atoms with E-state index >= 15 is 0 Å². The molecule has 166 valence electrons. The molecule has 0 aliphatic carbocycles. The van der Waals surface area contributed by atoms with E-state index in [1.54, 1.807) is 12.1 Å². The molecule has 0 spiro atoms. The number of esters is 1. The highest BCUT2D eigenvalue weighted by atomic mass is 19.1. The number of ketones is 1. The maximum Gasteiger partial charge on any atom is 0.338 e. The van der Waals surface area contributed by atoms with Crippen LogP contribution >= 0.6 is 0 Å². The molecule has 0 radical (unpaired) electrons. The lowest BCUT2D eigenvalue weighted by Gasteiger charge is -2.06. The van der Waals surface area contributed by atoms with E-state index in [4.69, 9.17) is 13.9 Å². The van der Waals surface area contributed by atoms with Gasteiger partial charge in [0.1, 0.15) is 0 Å². The maximum absolute atomic E-state index is 13.8. The number of aromatic nitrogens is 2. The Hall–Kier alpha value is -4.33. The van der Waals surface area contributed by atoms with Crippen molar-refractivity contribution in [1.29, 1.82) is 0 Å². The second-order valence-corrected chi connectivity index (χ2v) is 7.20. The van der Waals surface area contributed by atoms with Gasteiger partial charge in [0, 0.05) is 16.7 Å². The minimum Gasteiger partial charge on any atom is -0.494 e. The quantitative estimate of drug-likeness (QED) is 0.295. The van der Waals surface area contributed by atoms with E-state index in [-0.39, 0.29) is 16.9 Å². The Morgan fingerprint density at radius 1 is 0.879 bits per heavy atom. The second-order valence-electron chi connectivity index (χ2n) is 7.20. The first-order chi connectivity index (χ1) is 15.9. The number of nitrogens with zero attached hydrogens (tertiary/aromatic N) is 2. The van der Waals surface area contributed by atoms with Crippen LogP contribution in [-0.4, -0.2) is 35.7 Å². The zero-order valence-electron chi connectivity index (χ0n) is 17.9. The molecule has 0 aliphatic heterocycles. The highest BCUT2D eigenvalue weighted by Crippen LogP contribution is 2.24. The first-order valence-corrected chi connectivity index (χ1v) is 9.99. The summed E-state index contributed by atoms with van der Waals surface area (Å²) in [7, 11) is 1.33. The molecule has 4 aromatic rings. The van der Waals surface area contributed by atoms with Crippen LogP contribution in [0.2, 0.25) is 0 Å². The first kappa shape index (κ1) is 21.9. The summed E-state index contributed by atoms with van der Waals surface area (Å²) >= 11 is 0. The number of methoxy groups -OCH3 is 1. The van der Waals surface area contributed by atoms with Gasteiger partial charge in [0.05, 0.1) is 12.7 Å². The molecule has 0 saturated heterocycles. The van der Waals surface area contributed by atoms with Crippen molar-refractivity contribution in [2.45, 2.75) is 6.92 Å². The fourth-order valence-corrected chi connectivity index (χ4v) is 3.04. The Kier molecular flexibility index (Phi) is 6.26. The second kappa shape index (κ2) is 9.44. The molecule has 0 amide bonds. The van der Waals surface area contributed by atoms with Gasteiger partial charge in [-0.3, -0.25) is 4.79 Å². The van der Waals surface area contributed by atoms with E-state index in [0.29, 0.717) is 17.3 Å². The van der Waals surface area contributed by atoms with Crippen LogP contribution in [0, 0.1) is 12.7 Å². The van der Waals surface area contributed by atoms with E-state index in [1.807, 2.05) is 31.2 Å². The Balaban J connectivity index is 1.39. The molecule has 0 fully saturated rings. The van der Waals surface area contributed by atoms with Crippen LogP contribution in [0.25, 0.3) is 22.9 Å². The topological polar surface area (TPSA) is 91.5 Å². The summed E-state index contributed by atoms with van der Waals surface area (Å²) in [6, 6.07) is 17.8. The molecule has 0 saturated carbocycles. The van der Waals surface area contributed by atoms with Crippen molar-refractivity contribution >= 4 is 11.8 Å². The van der Waals surface area contributed by atoms with Crippen LogP contribution < -0.4 is 4.74 Å². The number of Topliss-reactive ketones (excluding diaryl/α,β-unsaturated/α-hetero) is 1. The van der Waals surface area contributed by atoms with E-state index in [2.05, 4.69) is 10.2 Å². The molecule has 33 heavy (non-hydrogen) atoms. The van der Waals surface area contributed by atoms with E-state index in [0.717, 1.165) is 17.2 Å². The predicted molar refractivity (Wildman–Crippen MR) is 117 cm³/mol. The van der Waals surface area contributed by atoms with Gasteiger partial charge in [-0.2, -0.15) is 0 Å².